The van der Waals surface area contributed by atoms with Crippen molar-refractivity contribution in [1.82, 2.24) is 0 Å². The third kappa shape index (κ3) is 3.29. The van der Waals surface area contributed by atoms with E-state index in [4.69, 9.17) is 5.73 Å². The average Bonchev–Trinajstić information content (AvgIpc) is 2.71. The third-order valence-electron chi connectivity index (χ3n) is 3.25. The molecule has 1 fully saturated rings. The van der Waals surface area contributed by atoms with Gasteiger partial charge in [-0.15, -0.1) is 0 Å². The second-order valence-corrected chi connectivity index (χ2v) is 6.12. The van der Waals surface area contributed by atoms with E-state index in [1.165, 1.54) is 11.8 Å². The van der Waals surface area contributed by atoms with E-state index in [1.807, 2.05) is 25.1 Å². The van der Waals surface area contributed by atoms with Gasteiger partial charge in [0.25, 0.3) is 0 Å². The molecule has 1 unspecified atom stereocenters. The highest BCUT2D eigenvalue weighted by molar-refractivity contribution is 8.13. The largest absolute Gasteiger partial charge is 0.399 e. The number of nitrogens with zero attached hydrogens (tertiary/aromatic N) is 1. The monoisotopic (exact) mass is 278 g/mol. The van der Waals surface area contributed by atoms with Crippen molar-refractivity contribution in [2.45, 2.75) is 20.3 Å². The summed E-state index contributed by atoms with van der Waals surface area (Å²) in [5.74, 6) is 1.06. The molecule has 1 amide bonds. The third-order valence-corrected chi connectivity index (χ3v) is 4.30. The maximum atomic E-state index is 12.1. The Kier molecular flexibility index (Phi) is 4.14. The van der Waals surface area contributed by atoms with Crippen LogP contribution in [0.25, 0.3) is 0 Å². The first-order chi connectivity index (χ1) is 8.97. The average molecular weight is 278 g/mol. The fraction of sp³-hybridized carbons (Fsp3) is 0.429. The van der Waals surface area contributed by atoms with Gasteiger partial charge < -0.3 is 10.6 Å². The van der Waals surface area contributed by atoms with Crippen LogP contribution in [0.3, 0.4) is 0 Å². The number of aryl methyl sites for hydroxylation is 1. The summed E-state index contributed by atoms with van der Waals surface area (Å²) in [4.78, 5) is 24.9. The SMILES string of the molecule is CC(=O)SCC1CC(=O)N(c2cc(N)ccc2C)C1. The Morgan fingerprint density at radius 3 is 2.95 bits per heavy atom. The summed E-state index contributed by atoms with van der Waals surface area (Å²) in [7, 11) is 0. The van der Waals surface area contributed by atoms with Crippen LogP contribution in [0.2, 0.25) is 0 Å². The molecular formula is C14H18N2O2S. The van der Waals surface area contributed by atoms with E-state index in [-0.39, 0.29) is 16.9 Å². The number of nitrogens with two attached hydrogens (primary N) is 1. The Bertz CT molecular complexity index is 516. The second kappa shape index (κ2) is 5.65. The van der Waals surface area contributed by atoms with E-state index in [0.29, 0.717) is 24.4 Å². The van der Waals surface area contributed by atoms with Crippen molar-refractivity contribution in [3.05, 3.63) is 23.8 Å². The van der Waals surface area contributed by atoms with Crippen molar-refractivity contribution in [3.63, 3.8) is 0 Å². The molecular weight excluding hydrogens is 260 g/mol. The lowest BCUT2D eigenvalue weighted by molar-refractivity contribution is -0.117. The first kappa shape index (κ1) is 13.9. The number of carbonyl (C=O) groups is 2. The van der Waals surface area contributed by atoms with Gasteiger partial charge in [-0.05, 0) is 30.5 Å². The van der Waals surface area contributed by atoms with Gasteiger partial charge in [-0.3, -0.25) is 9.59 Å². The Morgan fingerprint density at radius 2 is 2.26 bits per heavy atom. The molecule has 0 saturated carbocycles. The van der Waals surface area contributed by atoms with E-state index in [1.54, 1.807) is 11.8 Å². The van der Waals surface area contributed by atoms with Crippen molar-refractivity contribution in [3.8, 4) is 0 Å². The van der Waals surface area contributed by atoms with Crippen molar-refractivity contribution < 1.29 is 9.59 Å². The van der Waals surface area contributed by atoms with Gasteiger partial charge in [-0.1, -0.05) is 17.8 Å². The fourth-order valence-corrected chi connectivity index (χ4v) is 2.97. The zero-order chi connectivity index (χ0) is 14.0. The first-order valence-electron chi connectivity index (χ1n) is 6.27. The van der Waals surface area contributed by atoms with E-state index in [0.717, 1.165) is 11.3 Å². The molecule has 2 rings (SSSR count). The maximum Gasteiger partial charge on any atom is 0.227 e. The quantitative estimate of drug-likeness (QED) is 0.861. The van der Waals surface area contributed by atoms with Gasteiger partial charge in [0.05, 0.1) is 0 Å². The van der Waals surface area contributed by atoms with E-state index < -0.39 is 0 Å². The maximum absolute atomic E-state index is 12.1. The van der Waals surface area contributed by atoms with E-state index in [9.17, 15) is 9.59 Å². The molecule has 4 nitrogen and oxygen atoms in total. The predicted octanol–water partition coefficient (Wildman–Crippen LogP) is 2.21. The van der Waals surface area contributed by atoms with E-state index >= 15 is 0 Å². The number of hydrogen-bond acceptors (Lipinski definition) is 4. The summed E-state index contributed by atoms with van der Waals surface area (Å²) >= 11 is 1.29. The summed E-state index contributed by atoms with van der Waals surface area (Å²) < 4.78 is 0. The molecule has 1 saturated heterocycles. The molecule has 0 aromatic heterocycles. The summed E-state index contributed by atoms with van der Waals surface area (Å²) in [5.41, 5.74) is 8.38. The fourth-order valence-electron chi connectivity index (χ4n) is 2.28. The number of anilines is 2. The first-order valence-corrected chi connectivity index (χ1v) is 7.26. The zero-order valence-electron chi connectivity index (χ0n) is 11.2. The molecule has 0 spiro atoms. The minimum absolute atomic E-state index is 0.103. The Balaban J connectivity index is 2.11. The smallest absolute Gasteiger partial charge is 0.227 e. The highest BCUT2D eigenvalue weighted by Crippen LogP contribution is 2.30. The van der Waals surface area contributed by atoms with Crippen molar-refractivity contribution in [2.75, 3.05) is 22.9 Å². The molecule has 102 valence electrons. The number of amides is 1. The summed E-state index contributed by atoms with van der Waals surface area (Å²) in [6, 6.07) is 5.60. The molecule has 0 radical (unpaired) electrons. The lowest BCUT2D eigenvalue weighted by Gasteiger charge is -2.19. The number of benzene rings is 1. The van der Waals surface area contributed by atoms with Gasteiger partial charge in [0.15, 0.2) is 5.12 Å². The van der Waals surface area contributed by atoms with Crippen LogP contribution >= 0.6 is 11.8 Å². The Labute approximate surface area is 117 Å². The zero-order valence-corrected chi connectivity index (χ0v) is 12.0. The summed E-state index contributed by atoms with van der Waals surface area (Å²) in [6.45, 7) is 4.20. The van der Waals surface area contributed by atoms with Crippen LogP contribution < -0.4 is 10.6 Å². The number of nitrogen functional groups attached to an aromatic ring is 1. The molecule has 19 heavy (non-hydrogen) atoms. The van der Waals surface area contributed by atoms with Crippen molar-refractivity contribution in [2.24, 2.45) is 5.92 Å². The molecule has 0 aliphatic carbocycles. The summed E-state index contributed by atoms with van der Waals surface area (Å²) in [5, 5.41) is 0.103. The summed E-state index contributed by atoms with van der Waals surface area (Å²) in [6.07, 6.45) is 0.508. The van der Waals surface area contributed by atoms with Gasteiger partial charge >= 0.3 is 0 Å². The lowest BCUT2D eigenvalue weighted by atomic mass is 10.1. The van der Waals surface area contributed by atoms with Gasteiger partial charge in [0.2, 0.25) is 5.91 Å². The van der Waals surface area contributed by atoms with E-state index in [2.05, 4.69) is 0 Å². The van der Waals surface area contributed by atoms with Gasteiger partial charge in [0.1, 0.15) is 0 Å². The van der Waals surface area contributed by atoms with Crippen molar-refractivity contribution >= 4 is 34.2 Å². The lowest BCUT2D eigenvalue weighted by Crippen LogP contribution is -2.25. The van der Waals surface area contributed by atoms with Crippen LogP contribution in [-0.4, -0.2) is 23.3 Å². The van der Waals surface area contributed by atoms with Crippen molar-refractivity contribution in [1.29, 1.82) is 0 Å². The molecule has 0 bridgehead atoms. The van der Waals surface area contributed by atoms with Crippen LogP contribution in [0, 0.1) is 12.8 Å². The van der Waals surface area contributed by atoms with Crippen LogP contribution in [0.1, 0.15) is 18.9 Å². The van der Waals surface area contributed by atoms with Gasteiger partial charge in [-0.25, -0.2) is 0 Å². The highest BCUT2D eigenvalue weighted by Gasteiger charge is 2.31. The molecule has 1 atom stereocenters. The Morgan fingerprint density at radius 1 is 1.53 bits per heavy atom. The van der Waals surface area contributed by atoms with Gasteiger partial charge in [-0.2, -0.15) is 0 Å². The second-order valence-electron chi connectivity index (χ2n) is 4.92. The molecule has 1 aliphatic rings. The standard InChI is InChI=1S/C14H18N2O2S/c1-9-3-4-12(15)6-13(9)16-7-11(5-14(16)18)8-19-10(2)17/h3-4,6,11H,5,7-8,15H2,1-2H3. The molecule has 5 heteroatoms. The minimum Gasteiger partial charge on any atom is -0.399 e. The molecule has 2 N–H and O–H groups in total. The number of rotatable bonds is 3. The predicted molar refractivity (Wildman–Crippen MR) is 79.2 cm³/mol. The van der Waals surface area contributed by atoms with Crippen LogP contribution in [-0.2, 0) is 9.59 Å². The Hall–Kier alpha value is -1.49. The number of thioether (sulfide) groups is 1. The topological polar surface area (TPSA) is 63.4 Å². The minimum atomic E-state index is 0.103. The van der Waals surface area contributed by atoms with Crippen LogP contribution in [0.15, 0.2) is 18.2 Å². The molecule has 1 aromatic carbocycles. The van der Waals surface area contributed by atoms with Crippen LogP contribution in [0.5, 0.6) is 0 Å². The molecule has 1 aromatic rings. The molecule has 1 aliphatic heterocycles. The number of carbonyl (C=O) groups excluding carboxylic acids is 2. The highest BCUT2D eigenvalue weighted by atomic mass is 32.2. The normalized spacial score (nSPS) is 18.9. The molecule has 1 heterocycles. The van der Waals surface area contributed by atoms with Crippen LogP contribution in [0.4, 0.5) is 11.4 Å². The van der Waals surface area contributed by atoms with Gasteiger partial charge in [0, 0.05) is 37.0 Å². The number of hydrogen-bond donors (Lipinski definition) is 1.